The summed E-state index contributed by atoms with van der Waals surface area (Å²) in [5, 5.41) is 0. The van der Waals surface area contributed by atoms with Gasteiger partial charge >= 0.3 is 6.09 Å². The van der Waals surface area contributed by atoms with E-state index in [4.69, 9.17) is 9.47 Å². The van der Waals surface area contributed by atoms with Gasteiger partial charge in [-0.3, -0.25) is 4.98 Å². The monoisotopic (exact) mass is 320 g/mol. The van der Waals surface area contributed by atoms with Crippen molar-refractivity contribution < 1.29 is 14.3 Å². The van der Waals surface area contributed by atoms with E-state index in [0.29, 0.717) is 12.5 Å². The first kappa shape index (κ1) is 17.7. The number of aromatic nitrogens is 1. The zero-order valence-electron chi connectivity index (χ0n) is 14.5. The molecule has 0 aliphatic carbocycles. The molecule has 1 atom stereocenters. The fourth-order valence-electron chi connectivity index (χ4n) is 2.71. The average molecular weight is 320 g/mol. The summed E-state index contributed by atoms with van der Waals surface area (Å²) in [5.41, 5.74) is 0.705. The van der Waals surface area contributed by atoms with Gasteiger partial charge < -0.3 is 14.4 Å². The summed E-state index contributed by atoms with van der Waals surface area (Å²) in [7, 11) is 0. The van der Waals surface area contributed by atoms with Crippen molar-refractivity contribution in [1.82, 2.24) is 9.88 Å². The maximum Gasteiger partial charge on any atom is 0.410 e. The average Bonchev–Trinajstić information content (AvgIpc) is 2.51. The normalized spacial score (nSPS) is 18.7. The molecular weight excluding hydrogens is 292 g/mol. The van der Waals surface area contributed by atoms with Gasteiger partial charge in [-0.1, -0.05) is 0 Å². The van der Waals surface area contributed by atoms with Crippen molar-refractivity contribution in [3.05, 3.63) is 30.1 Å². The van der Waals surface area contributed by atoms with E-state index < -0.39 is 5.60 Å². The Labute approximate surface area is 139 Å². The van der Waals surface area contributed by atoms with Crippen LogP contribution >= 0.6 is 0 Å². The van der Waals surface area contributed by atoms with Crippen LogP contribution < -0.4 is 0 Å². The second-order valence-corrected chi connectivity index (χ2v) is 7.13. The molecule has 0 N–H and O–H groups in total. The van der Waals surface area contributed by atoms with Gasteiger partial charge in [-0.2, -0.15) is 0 Å². The van der Waals surface area contributed by atoms with Gasteiger partial charge in [0.1, 0.15) is 5.60 Å². The van der Waals surface area contributed by atoms with E-state index >= 15 is 0 Å². The van der Waals surface area contributed by atoms with Crippen molar-refractivity contribution in [1.29, 1.82) is 0 Å². The van der Waals surface area contributed by atoms with Crippen molar-refractivity contribution >= 4 is 6.09 Å². The molecule has 2 heterocycles. The zero-order chi connectivity index (χ0) is 16.7. The number of nitrogens with zero attached hydrogens (tertiary/aromatic N) is 2. The number of hydrogen-bond acceptors (Lipinski definition) is 4. The second-order valence-electron chi connectivity index (χ2n) is 7.13. The van der Waals surface area contributed by atoms with Crippen molar-refractivity contribution in [2.24, 2.45) is 5.92 Å². The molecule has 2 rings (SSSR count). The number of piperidine rings is 1. The van der Waals surface area contributed by atoms with Crippen molar-refractivity contribution in [2.75, 3.05) is 19.7 Å². The Kier molecular flexibility index (Phi) is 6.39. The molecule has 1 aliphatic rings. The summed E-state index contributed by atoms with van der Waals surface area (Å²) in [4.78, 5) is 18.0. The topological polar surface area (TPSA) is 51.7 Å². The van der Waals surface area contributed by atoms with Crippen LogP contribution in [0.4, 0.5) is 4.79 Å². The number of rotatable bonds is 5. The summed E-state index contributed by atoms with van der Waals surface area (Å²) < 4.78 is 11.2. The highest BCUT2D eigenvalue weighted by Gasteiger charge is 2.27. The van der Waals surface area contributed by atoms with E-state index in [2.05, 4.69) is 4.98 Å². The van der Waals surface area contributed by atoms with Crippen molar-refractivity contribution in [3.63, 3.8) is 0 Å². The van der Waals surface area contributed by atoms with Gasteiger partial charge in [-0.25, -0.2) is 4.79 Å². The summed E-state index contributed by atoms with van der Waals surface area (Å²) >= 11 is 0. The van der Waals surface area contributed by atoms with Crippen LogP contribution in [0, 0.1) is 5.92 Å². The van der Waals surface area contributed by atoms with Crippen LogP contribution in [0.25, 0.3) is 0 Å². The smallest absolute Gasteiger partial charge is 0.410 e. The van der Waals surface area contributed by atoms with Crippen LogP contribution in [0.2, 0.25) is 0 Å². The molecule has 1 aromatic heterocycles. The minimum absolute atomic E-state index is 0.195. The standard InChI is InChI=1S/C18H28N2O3/c1-18(2,3)23-17(21)20-11-4-5-15(13-20)8-12-22-14-16-6-9-19-10-7-16/h6-7,9-10,15H,4-5,8,11-14H2,1-3H3/t15-/m0/s1. The van der Waals surface area contributed by atoms with Gasteiger partial charge in [0.15, 0.2) is 0 Å². The fraction of sp³-hybridized carbons (Fsp3) is 0.667. The number of carbonyl (C=O) groups excluding carboxylic acids is 1. The molecule has 0 radical (unpaired) electrons. The molecule has 0 aromatic carbocycles. The van der Waals surface area contributed by atoms with Crippen molar-refractivity contribution in [3.8, 4) is 0 Å². The molecule has 1 aromatic rings. The highest BCUT2D eigenvalue weighted by molar-refractivity contribution is 5.68. The van der Waals surface area contributed by atoms with Crippen LogP contribution in [0.1, 0.15) is 45.6 Å². The second kappa shape index (κ2) is 8.29. The molecule has 0 unspecified atom stereocenters. The summed E-state index contributed by atoms with van der Waals surface area (Å²) in [6.07, 6.45) is 6.52. The third-order valence-corrected chi connectivity index (χ3v) is 3.86. The SMILES string of the molecule is CC(C)(C)OC(=O)N1CCC[C@@H](CCOCc2ccncc2)C1. The Morgan fingerprint density at radius 2 is 2.09 bits per heavy atom. The predicted molar refractivity (Wildman–Crippen MR) is 89.0 cm³/mol. The molecule has 1 fully saturated rings. The molecule has 0 bridgehead atoms. The van der Waals surface area contributed by atoms with Crippen LogP contribution in [0.5, 0.6) is 0 Å². The maximum atomic E-state index is 12.1. The van der Waals surface area contributed by atoms with E-state index in [1.54, 1.807) is 12.4 Å². The molecule has 0 saturated carbocycles. The molecular formula is C18H28N2O3. The molecule has 1 amide bonds. The number of pyridine rings is 1. The van der Waals surface area contributed by atoms with Gasteiger partial charge in [0.25, 0.3) is 0 Å². The highest BCUT2D eigenvalue weighted by atomic mass is 16.6. The Morgan fingerprint density at radius 3 is 2.78 bits per heavy atom. The Morgan fingerprint density at radius 1 is 1.35 bits per heavy atom. The molecule has 1 saturated heterocycles. The largest absolute Gasteiger partial charge is 0.444 e. The van der Waals surface area contributed by atoms with Gasteiger partial charge in [0.2, 0.25) is 0 Å². The molecule has 1 aliphatic heterocycles. The zero-order valence-corrected chi connectivity index (χ0v) is 14.5. The third kappa shape index (κ3) is 6.57. The van der Waals surface area contributed by atoms with Crippen LogP contribution in [0.3, 0.4) is 0 Å². The molecule has 5 nitrogen and oxygen atoms in total. The minimum atomic E-state index is -0.433. The lowest BCUT2D eigenvalue weighted by Crippen LogP contribution is -2.43. The van der Waals surface area contributed by atoms with E-state index in [1.165, 1.54) is 0 Å². The number of carbonyl (C=O) groups is 1. The van der Waals surface area contributed by atoms with Crippen LogP contribution in [-0.2, 0) is 16.1 Å². The molecule has 5 heteroatoms. The van der Waals surface area contributed by atoms with E-state index in [-0.39, 0.29) is 6.09 Å². The summed E-state index contributed by atoms with van der Waals surface area (Å²) in [6.45, 7) is 8.61. The van der Waals surface area contributed by atoms with Crippen molar-refractivity contribution in [2.45, 2.75) is 52.2 Å². The number of ether oxygens (including phenoxy) is 2. The highest BCUT2D eigenvalue weighted by Crippen LogP contribution is 2.21. The Balaban J connectivity index is 1.68. The first-order chi connectivity index (χ1) is 10.9. The predicted octanol–water partition coefficient (Wildman–Crippen LogP) is 3.64. The third-order valence-electron chi connectivity index (χ3n) is 3.86. The first-order valence-corrected chi connectivity index (χ1v) is 8.38. The van der Waals surface area contributed by atoms with Gasteiger partial charge in [-0.05, 0) is 63.6 Å². The lowest BCUT2D eigenvalue weighted by molar-refractivity contribution is 0.0136. The lowest BCUT2D eigenvalue weighted by Gasteiger charge is -2.34. The molecule has 0 spiro atoms. The number of amides is 1. The van der Waals surface area contributed by atoms with Gasteiger partial charge in [0, 0.05) is 32.1 Å². The fourth-order valence-corrected chi connectivity index (χ4v) is 2.71. The summed E-state index contributed by atoms with van der Waals surface area (Å²) in [5.74, 6) is 0.494. The Bertz CT molecular complexity index is 485. The molecule has 128 valence electrons. The first-order valence-electron chi connectivity index (χ1n) is 8.38. The van der Waals surface area contributed by atoms with Crippen LogP contribution in [-0.4, -0.2) is 41.3 Å². The van der Waals surface area contributed by atoms with E-state index in [1.807, 2.05) is 37.8 Å². The van der Waals surface area contributed by atoms with E-state index in [0.717, 1.165) is 44.5 Å². The van der Waals surface area contributed by atoms with Crippen LogP contribution in [0.15, 0.2) is 24.5 Å². The molecule has 23 heavy (non-hydrogen) atoms. The minimum Gasteiger partial charge on any atom is -0.444 e. The maximum absolute atomic E-state index is 12.1. The summed E-state index contributed by atoms with van der Waals surface area (Å²) in [6, 6.07) is 3.93. The lowest BCUT2D eigenvalue weighted by atomic mass is 9.95. The number of hydrogen-bond donors (Lipinski definition) is 0. The van der Waals surface area contributed by atoms with E-state index in [9.17, 15) is 4.79 Å². The van der Waals surface area contributed by atoms with Gasteiger partial charge in [0.05, 0.1) is 6.61 Å². The number of likely N-dealkylation sites (tertiary alicyclic amines) is 1. The van der Waals surface area contributed by atoms with Gasteiger partial charge in [-0.15, -0.1) is 0 Å². The quantitative estimate of drug-likeness (QED) is 0.777. The Hall–Kier alpha value is -1.62.